The fourth-order valence-corrected chi connectivity index (χ4v) is 2.81. The SMILES string of the molecule is COC(=O)c1c(NC(=O)/C=C/c2ccco2)sc(C)c1C. The van der Waals surface area contributed by atoms with Gasteiger partial charge in [-0.2, -0.15) is 0 Å². The molecule has 6 heteroatoms. The van der Waals surface area contributed by atoms with Crippen molar-refractivity contribution in [1.82, 2.24) is 0 Å². The summed E-state index contributed by atoms with van der Waals surface area (Å²) >= 11 is 1.35. The van der Waals surface area contributed by atoms with Crippen LogP contribution in [0.1, 0.15) is 26.6 Å². The number of methoxy groups -OCH3 is 1. The van der Waals surface area contributed by atoms with E-state index in [0.29, 0.717) is 16.3 Å². The van der Waals surface area contributed by atoms with E-state index in [-0.39, 0.29) is 5.91 Å². The van der Waals surface area contributed by atoms with Crippen molar-refractivity contribution in [3.8, 4) is 0 Å². The van der Waals surface area contributed by atoms with Crippen LogP contribution in [0.25, 0.3) is 6.08 Å². The first-order valence-electron chi connectivity index (χ1n) is 6.23. The molecule has 0 unspecified atom stereocenters. The number of thiophene rings is 1. The van der Waals surface area contributed by atoms with Gasteiger partial charge in [-0.1, -0.05) is 0 Å². The van der Waals surface area contributed by atoms with Crippen molar-refractivity contribution in [3.63, 3.8) is 0 Å². The zero-order valence-corrected chi connectivity index (χ0v) is 12.7. The molecule has 0 aromatic carbocycles. The molecule has 0 atom stereocenters. The van der Waals surface area contributed by atoms with Crippen LogP contribution < -0.4 is 5.32 Å². The number of carbonyl (C=O) groups excluding carboxylic acids is 2. The number of rotatable bonds is 4. The summed E-state index contributed by atoms with van der Waals surface area (Å²) in [5, 5.41) is 3.19. The van der Waals surface area contributed by atoms with Crippen LogP contribution >= 0.6 is 11.3 Å². The average Bonchev–Trinajstić information content (AvgIpc) is 3.06. The Morgan fingerprint density at radius 1 is 1.38 bits per heavy atom. The van der Waals surface area contributed by atoms with Crippen LogP contribution in [0.4, 0.5) is 5.00 Å². The van der Waals surface area contributed by atoms with Crippen molar-refractivity contribution >= 4 is 34.3 Å². The van der Waals surface area contributed by atoms with E-state index >= 15 is 0 Å². The maximum atomic E-state index is 11.9. The zero-order chi connectivity index (χ0) is 15.4. The number of furan rings is 1. The van der Waals surface area contributed by atoms with Gasteiger partial charge in [0.05, 0.1) is 18.9 Å². The highest BCUT2D eigenvalue weighted by Crippen LogP contribution is 2.32. The molecule has 0 aliphatic rings. The second-order valence-electron chi connectivity index (χ2n) is 4.32. The number of aryl methyl sites for hydroxylation is 1. The minimum absolute atomic E-state index is 0.335. The predicted molar refractivity (Wildman–Crippen MR) is 81.5 cm³/mol. The summed E-state index contributed by atoms with van der Waals surface area (Å²) < 4.78 is 9.85. The molecule has 0 aliphatic heterocycles. The Balaban J connectivity index is 2.17. The van der Waals surface area contributed by atoms with Gasteiger partial charge in [-0.3, -0.25) is 4.79 Å². The van der Waals surface area contributed by atoms with Crippen LogP contribution in [0.3, 0.4) is 0 Å². The lowest BCUT2D eigenvalue weighted by Crippen LogP contribution is -2.11. The summed E-state index contributed by atoms with van der Waals surface area (Å²) in [5.74, 6) is -0.211. The Labute approximate surface area is 126 Å². The molecule has 110 valence electrons. The van der Waals surface area contributed by atoms with Gasteiger partial charge in [0.1, 0.15) is 10.8 Å². The average molecular weight is 305 g/mol. The van der Waals surface area contributed by atoms with Crippen molar-refractivity contribution in [2.45, 2.75) is 13.8 Å². The van der Waals surface area contributed by atoms with E-state index in [1.807, 2.05) is 13.8 Å². The van der Waals surface area contributed by atoms with E-state index < -0.39 is 5.97 Å². The van der Waals surface area contributed by atoms with E-state index in [4.69, 9.17) is 9.15 Å². The smallest absolute Gasteiger partial charge is 0.341 e. The van der Waals surface area contributed by atoms with Crippen molar-refractivity contribution in [3.05, 3.63) is 46.2 Å². The summed E-state index contributed by atoms with van der Waals surface area (Å²) in [6.45, 7) is 3.72. The van der Waals surface area contributed by atoms with Crippen LogP contribution in [0.15, 0.2) is 28.9 Å². The fourth-order valence-electron chi connectivity index (χ4n) is 1.76. The molecule has 5 nitrogen and oxygen atoms in total. The Hall–Kier alpha value is -2.34. The number of hydrogen-bond acceptors (Lipinski definition) is 5. The molecule has 0 radical (unpaired) electrons. The summed E-state index contributed by atoms with van der Waals surface area (Å²) in [6.07, 6.45) is 4.43. The summed E-state index contributed by atoms with van der Waals surface area (Å²) in [7, 11) is 1.32. The molecular weight excluding hydrogens is 290 g/mol. The van der Waals surface area contributed by atoms with Crippen LogP contribution in [-0.2, 0) is 9.53 Å². The molecule has 1 N–H and O–H groups in total. The number of amides is 1. The highest BCUT2D eigenvalue weighted by Gasteiger charge is 2.20. The zero-order valence-electron chi connectivity index (χ0n) is 11.9. The molecule has 0 fully saturated rings. The minimum Gasteiger partial charge on any atom is -0.465 e. The van der Waals surface area contributed by atoms with Crippen molar-refractivity contribution in [2.75, 3.05) is 12.4 Å². The highest BCUT2D eigenvalue weighted by atomic mass is 32.1. The van der Waals surface area contributed by atoms with E-state index in [1.165, 1.54) is 30.8 Å². The van der Waals surface area contributed by atoms with Gasteiger partial charge >= 0.3 is 5.97 Å². The van der Waals surface area contributed by atoms with Crippen molar-refractivity contribution in [2.24, 2.45) is 0 Å². The summed E-state index contributed by atoms with van der Waals surface area (Å²) in [6, 6.07) is 3.47. The first-order valence-corrected chi connectivity index (χ1v) is 7.05. The fraction of sp³-hybridized carbons (Fsp3) is 0.200. The van der Waals surface area contributed by atoms with Gasteiger partial charge < -0.3 is 14.5 Å². The number of ether oxygens (including phenoxy) is 1. The summed E-state index contributed by atoms with van der Waals surface area (Å²) in [4.78, 5) is 24.7. The molecule has 0 spiro atoms. The van der Waals surface area contributed by atoms with Gasteiger partial charge in [-0.05, 0) is 37.6 Å². The van der Waals surface area contributed by atoms with Crippen LogP contribution in [0, 0.1) is 13.8 Å². The van der Waals surface area contributed by atoms with Gasteiger partial charge in [0.2, 0.25) is 5.91 Å². The van der Waals surface area contributed by atoms with E-state index in [1.54, 1.807) is 18.2 Å². The first-order chi connectivity index (χ1) is 10.0. The van der Waals surface area contributed by atoms with E-state index in [9.17, 15) is 9.59 Å². The van der Waals surface area contributed by atoms with Crippen LogP contribution in [-0.4, -0.2) is 19.0 Å². The van der Waals surface area contributed by atoms with Gasteiger partial charge in [0.25, 0.3) is 0 Å². The minimum atomic E-state index is -0.456. The Morgan fingerprint density at radius 3 is 2.76 bits per heavy atom. The third kappa shape index (κ3) is 3.41. The van der Waals surface area contributed by atoms with E-state index in [2.05, 4.69) is 5.32 Å². The normalized spacial score (nSPS) is 10.8. The second kappa shape index (κ2) is 6.41. The molecule has 0 saturated carbocycles. The maximum absolute atomic E-state index is 11.9. The maximum Gasteiger partial charge on any atom is 0.341 e. The van der Waals surface area contributed by atoms with Gasteiger partial charge in [0.15, 0.2) is 0 Å². The summed E-state index contributed by atoms with van der Waals surface area (Å²) in [5.41, 5.74) is 1.22. The highest BCUT2D eigenvalue weighted by molar-refractivity contribution is 7.16. The number of hydrogen-bond donors (Lipinski definition) is 1. The standard InChI is InChI=1S/C15H15NO4S/c1-9-10(2)21-14(13(9)15(18)19-3)16-12(17)7-6-11-5-4-8-20-11/h4-8H,1-3H3,(H,16,17)/b7-6+. The molecule has 0 bridgehead atoms. The number of esters is 1. The molecule has 1 amide bonds. The number of carbonyl (C=O) groups is 2. The molecule has 2 aromatic heterocycles. The van der Waals surface area contributed by atoms with Crippen LogP contribution in [0.5, 0.6) is 0 Å². The van der Waals surface area contributed by atoms with Gasteiger partial charge in [-0.15, -0.1) is 11.3 Å². The lowest BCUT2D eigenvalue weighted by molar-refractivity contribution is -0.111. The quantitative estimate of drug-likeness (QED) is 0.694. The third-order valence-corrected chi connectivity index (χ3v) is 4.08. The molecule has 21 heavy (non-hydrogen) atoms. The largest absolute Gasteiger partial charge is 0.465 e. The molecule has 2 rings (SSSR count). The Bertz CT molecular complexity index is 683. The van der Waals surface area contributed by atoms with Gasteiger partial charge in [-0.25, -0.2) is 4.79 Å². The van der Waals surface area contributed by atoms with Crippen molar-refractivity contribution < 1.29 is 18.7 Å². The molecule has 2 heterocycles. The number of nitrogens with one attached hydrogen (secondary N) is 1. The topological polar surface area (TPSA) is 68.5 Å². The molecule has 0 saturated heterocycles. The second-order valence-corrected chi connectivity index (χ2v) is 5.54. The first kappa shape index (κ1) is 15.1. The van der Waals surface area contributed by atoms with Gasteiger partial charge in [0, 0.05) is 11.0 Å². The molecule has 0 aliphatic carbocycles. The molecule has 2 aromatic rings. The third-order valence-electron chi connectivity index (χ3n) is 2.95. The van der Waals surface area contributed by atoms with E-state index in [0.717, 1.165) is 10.4 Å². The predicted octanol–water partition coefficient (Wildman–Crippen LogP) is 3.40. The Kier molecular flexibility index (Phi) is 4.59. The lowest BCUT2D eigenvalue weighted by Gasteiger charge is -2.03. The Morgan fingerprint density at radius 2 is 2.14 bits per heavy atom. The lowest BCUT2D eigenvalue weighted by atomic mass is 10.1. The monoisotopic (exact) mass is 305 g/mol. The van der Waals surface area contributed by atoms with Crippen LogP contribution in [0.2, 0.25) is 0 Å². The number of anilines is 1. The molecular formula is C15H15NO4S. The van der Waals surface area contributed by atoms with Crippen molar-refractivity contribution in [1.29, 1.82) is 0 Å².